The number of amides is 1. The van der Waals surface area contributed by atoms with E-state index in [1.165, 1.54) is 17.4 Å². The summed E-state index contributed by atoms with van der Waals surface area (Å²) in [5.74, 6) is 2.05. The molecular formula is C23H33N9O2. The van der Waals surface area contributed by atoms with Crippen LogP contribution in [-0.4, -0.2) is 79.0 Å². The molecule has 1 aliphatic carbocycles. The highest BCUT2D eigenvalue weighted by atomic mass is 16.3. The second kappa shape index (κ2) is 9.96. The first-order valence-corrected chi connectivity index (χ1v) is 12.3. The van der Waals surface area contributed by atoms with Crippen LogP contribution in [0, 0.1) is 5.92 Å². The highest BCUT2D eigenvalue weighted by molar-refractivity contribution is 5.85. The molecule has 2 fully saturated rings. The summed E-state index contributed by atoms with van der Waals surface area (Å²) in [4.78, 5) is 31.4. The number of furan rings is 1. The summed E-state index contributed by atoms with van der Waals surface area (Å²) in [5, 5.41) is 7.67. The van der Waals surface area contributed by atoms with Crippen LogP contribution in [0.3, 0.4) is 0 Å². The van der Waals surface area contributed by atoms with Gasteiger partial charge in [0.1, 0.15) is 6.04 Å². The van der Waals surface area contributed by atoms with Gasteiger partial charge in [0.05, 0.1) is 6.26 Å². The van der Waals surface area contributed by atoms with E-state index in [9.17, 15) is 4.79 Å². The average molecular weight is 468 g/mol. The second-order valence-corrected chi connectivity index (χ2v) is 9.22. The largest absolute Gasteiger partial charge is 0.461 e. The van der Waals surface area contributed by atoms with Gasteiger partial charge in [-0.3, -0.25) is 9.69 Å². The van der Waals surface area contributed by atoms with Crippen molar-refractivity contribution in [1.82, 2.24) is 34.4 Å². The molecule has 0 bridgehead atoms. The molecule has 0 radical (unpaired) electrons. The molecule has 0 spiro atoms. The molecule has 1 atom stereocenters. The Labute approximate surface area is 198 Å². The maximum atomic E-state index is 13.6. The Morgan fingerprint density at radius 1 is 1.21 bits per heavy atom. The van der Waals surface area contributed by atoms with Crippen LogP contribution >= 0.6 is 0 Å². The monoisotopic (exact) mass is 467 g/mol. The minimum absolute atomic E-state index is 0.127. The van der Waals surface area contributed by atoms with Crippen molar-refractivity contribution >= 4 is 23.6 Å². The van der Waals surface area contributed by atoms with Crippen molar-refractivity contribution in [2.75, 3.05) is 43.8 Å². The Hall–Kier alpha value is -3.21. The van der Waals surface area contributed by atoms with E-state index < -0.39 is 0 Å². The number of nitrogens with one attached hydrogen (secondary N) is 1. The molecule has 1 aliphatic heterocycles. The highest BCUT2D eigenvalue weighted by Gasteiger charge is 2.35. The maximum absolute atomic E-state index is 13.6. The van der Waals surface area contributed by atoms with E-state index in [-0.39, 0.29) is 23.8 Å². The lowest BCUT2D eigenvalue weighted by Gasteiger charge is -2.37. The standard InChI is InChI=1S/C23H33N9O2/c1-2-3-10-30-11-13-31(14-12-30)20(33)18(16-7-4-5-8-16)25-22-27-21(24)32-23(28-22)26-19(29-32)17-9-6-15-34-17/h6,9,15-16,18H,2-5,7-8,10-14H2,1H3,(H3,24,25,26,27,28,29)/t18-/m0/s1. The molecule has 1 saturated carbocycles. The minimum Gasteiger partial charge on any atom is -0.461 e. The molecule has 1 saturated heterocycles. The van der Waals surface area contributed by atoms with E-state index in [4.69, 9.17) is 10.2 Å². The van der Waals surface area contributed by atoms with Crippen LogP contribution in [0.5, 0.6) is 0 Å². The number of unbranched alkanes of at least 4 members (excludes halogenated alkanes) is 1. The van der Waals surface area contributed by atoms with Crippen molar-refractivity contribution in [2.24, 2.45) is 5.92 Å². The highest BCUT2D eigenvalue weighted by Crippen LogP contribution is 2.30. The summed E-state index contributed by atoms with van der Waals surface area (Å²) >= 11 is 0. The summed E-state index contributed by atoms with van der Waals surface area (Å²) in [6.07, 6.45) is 8.27. The van der Waals surface area contributed by atoms with Gasteiger partial charge in [-0.15, -0.1) is 5.10 Å². The van der Waals surface area contributed by atoms with Crippen molar-refractivity contribution in [2.45, 2.75) is 51.5 Å². The number of carbonyl (C=O) groups is 1. The molecule has 0 aromatic carbocycles. The number of rotatable bonds is 8. The number of fused-ring (bicyclic) bond motifs is 1. The fourth-order valence-electron chi connectivity index (χ4n) is 4.96. The third kappa shape index (κ3) is 4.70. The summed E-state index contributed by atoms with van der Waals surface area (Å²) in [5.41, 5.74) is 6.16. The van der Waals surface area contributed by atoms with Gasteiger partial charge < -0.3 is 20.4 Å². The molecule has 11 heteroatoms. The number of nitrogen functional groups attached to an aromatic ring is 1. The normalized spacial score (nSPS) is 18.6. The number of carbonyl (C=O) groups excluding carboxylic acids is 1. The smallest absolute Gasteiger partial charge is 0.259 e. The lowest BCUT2D eigenvalue weighted by Crippen LogP contribution is -2.54. The predicted octanol–water partition coefficient (Wildman–Crippen LogP) is 2.28. The van der Waals surface area contributed by atoms with Crippen molar-refractivity contribution in [3.63, 3.8) is 0 Å². The molecule has 2 aliphatic rings. The van der Waals surface area contributed by atoms with Crippen molar-refractivity contribution < 1.29 is 9.21 Å². The van der Waals surface area contributed by atoms with Crippen LogP contribution in [0.4, 0.5) is 11.9 Å². The van der Waals surface area contributed by atoms with Gasteiger partial charge in [0.2, 0.25) is 23.6 Å². The molecule has 5 rings (SSSR count). The zero-order valence-corrected chi connectivity index (χ0v) is 19.7. The number of nitrogens with zero attached hydrogens (tertiary/aromatic N) is 7. The molecule has 0 unspecified atom stereocenters. The number of nitrogens with two attached hydrogens (primary N) is 1. The van der Waals surface area contributed by atoms with Gasteiger partial charge in [-0.2, -0.15) is 19.5 Å². The molecule has 1 amide bonds. The topological polar surface area (TPSA) is 131 Å². The second-order valence-electron chi connectivity index (χ2n) is 9.22. The quantitative estimate of drug-likeness (QED) is 0.512. The first-order chi connectivity index (χ1) is 16.6. The SMILES string of the molecule is CCCCN1CCN(C(=O)[C@@H](Nc2nc(N)n3nc(-c4ccco4)nc3n2)C2CCCC2)CC1. The van der Waals surface area contributed by atoms with E-state index in [2.05, 4.69) is 37.2 Å². The van der Waals surface area contributed by atoms with Gasteiger partial charge in [-0.1, -0.05) is 26.2 Å². The van der Waals surface area contributed by atoms with Gasteiger partial charge in [-0.25, -0.2) is 0 Å². The fraction of sp³-hybridized carbons (Fsp3) is 0.609. The van der Waals surface area contributed by atoms with Crippen LogP contribution in [0.2, 0.25) is 0 Å². The Kier molecular flexibility index (Phi) is 6.61. The summed E-state index contributed by atoms with van der Waals surface area (Å²) in [6, 6.07) is 3.16. The van der Waals surface area contributed by atoms with Gasteiger partial charge in [0, 0.05) is 26.2 Å². The fourth-order valence-corrected chi connectivity index (χ4v) is 4.96. The molecule has 4 heterocycles. The van der Waals surface area contributed by atoms with Gasteiger partial charge in [0.15, 0.2) is 5.76 Å². The number of aromatic nitrogens is 5. The molecule has 3 aromatic heterocycles. The number of anilines is 2. The summed E-state index contributed by atoms with van der Waals surface area (Å²) in [6.45, 7) is 6.68. The zero-order chi connectivity index (χ0) is 23.5. The number of hydrogen-bond donors (Lipinski definition) is 2. The summed E-state index contributed by atoms with van der Waals surface area (Å²) in [7, 11) is 0. The molecule has 34 heavy (non-hydrogen) atoms. The Morgan fingerprint density at radius 2 is 2.00 bits per heavy atom. The maximum Gasteiger partial charge on any atom is 0.259 e. The van der Waals surface area contributed by atoms with Crippen molar-refractivity contribution in [1.29, 1.82) is 0 Å². The lowest BCUT2D eigenvalue weighted by atomic mass is 9.96. The van der Waals surface area contributed by atoms with Crippen LogP contribution in [-0.2, 0) is 4.79 Å². The van der Waals surface area contributed by atoms with E-state index >= 15 is 0 Å². The lowest BCUT2D eigenvalue weighted by molar-refractivity contribution is -0.135. The predicted molar refractivity (Wildman–Crippen MR) is 128 cm³/mol. The summed E-state index contributed by atoms with van der Waals surface area (Å²) < 4.78 is 6.76. The van der Waals surface area contributed by atoms with E-state index in [0.717, 1.165) is 58.4 Å². The molecule has 3 aromatic rings. The van der Waals surface area contributed by atoms with Crippen LogP contribution in [0.15, 0.2) is 22.8 Å². The zero-order valence-electron chi connectivity index (χ0n) is 19.7. The van der Waals surface area contributed by atoms with Crippen LogP contribution in [0.25, 0.3) is 17.4 Å². The molecule has 11 nitrogen and oxygen atoms in total. The molecule has 3 N–H and O–H groups in total. The Balaban J connectivity index is 1.34. The van der Waals surface area contributed by atoms with E-state index in [0.29, 0.717) is 23.3 Å². The third-order valence-electron chi connectivity index (χ3n) is 6.91. The Bertz CT molecular complexity index is 1100. The van der Waals surface area contributed by atoms with E-state index in [1.807, 2.05) is 4.90 Å². The number of piperazine rings is 1. The van der Waals surface area contributed by atoms with Gasteiger partial charge in [0.25, 0.3) is 5.78 Å². The molecule has 182 valence electrons. The van der Waals surface area contributed by atoms with E-state index in [1.54, 1.807) is 18.4 Å². The van der Waals surface area contributed by atoms with Crippen LogP contribution < -0.4 is 11.1 Å². The van der Waals surface area contributed by atoms with Gasteiger partial charge in [-0.05, 0) is 43.9 Å². The van der Waals surface area contributed by atoms with Crippen LogP contribution in [0.1, 0.15) is 45.4 Å². The van der Waals surface area contributed by atoms with Crippen molar-refractivity contribution in [3.8, 4) is 11.6 Å². The number of hydrogen-bond acceptors (Lipinski definition) is 9. The third-order valence-corrected chi connectivity index (χ3v) is 6.91. The van der Waals surface area contributed by atoms with Gasteiger partial charge >= 0.3 is 0 Å². The Morgan fingerprint density at radius 3 is 2.71 bits per heavy atom. The first kappa shape index (κ1) is 22.6. The minimum atomic E-state index is -0.376. The first-order valence-electron chi connectivity index (χ1n) is 12.3. The van der Waals surface area contributed by atoms with Crippen molar-refractivity contribution in [3.05, 3.63) is 18.4 Å². The molecular weight excluding hydrogens is 434 g/mol. The average Bonchev–Trinajstić information content (AvgIpc) is 3.62.